The quantitative estimate of drug-likeness (QED) is 0.829. The van der Waals surface area contributed by atoms with Crippen LogP contribution in [0.1, 0.15) is 34.8 Å². The van der Waals surface area contributed by atoms with Crippen molar-refractivity contribution in [1.82, 2.24) is 4.90 Å². The zero-order valence-electron chi connectivity index (χ0n) is 11.4. The van der Waals surface area contributed by atoms with Crippen molar-refractivity contribution in [2.24, 2.45) is 5.73 Å². The Morgan fingerprint density at radius 3 is 2.67 bits per heavy atom. The minimum Gasteiger partial charge on any atom is -0.326 e. The van der Waals surface area contributed by atoms with Crippen LogP contribution in [0.5, 0.6) is 0 Å². The average Bonchev–Trinajstić information content (AvgIpc) is 2.77. The Hall–Kier alpha value is -1.19. The molecule has 1 aromatic carbocycles. The van der Waals surface area contributed by atoms with Crippen molar-refractivity contribution < 1.29 is 4.79 Å². The van der Waals surface area contributed by atoms with Gasteiger partial charge < -0.3 is 5.73 Å². The van der Waals surface area contributed by atoms with E-state index in [2.05, 4.69) is 11.8 Å². The molecule has 0 radical (unpaired) electrons. The molecule has 0 amide bonds. The molecule has 0 spiro atoms. The van der Waals surface area contributed by atoms with Crippen LogP contribution in [-0.4, -0.2) is 35.9 Å². The highest BCUT2D eigenvalue weighted by molar-refractivity contribution is 6.00. The van der Waals surface area contributed by atoms with Crippen LogP contribution in [0, 0.1) is 13.8 Å². The van der Waals surface area contributed by atoms with Crippen molar-refractivity contribution >= 4 is 5.78 Å². The molecule has 2 unspecified atom stereocenters. The Morgan fingerprint density at radius 2 is 2.11 bits per heavy atom. The second-order valence-corrected chi connectivity index (χ2v) is 5.38. The highest BCUT2D eigenvalue weighted by Gasteiger charge is 2.28. The molecule has 1 heterocycles. The number of nitrogens with two attached hydrogens (primary N) is 1. The van der Waals surface area contributed by atoms with Gasteiger partial charge in [0.15, 0.2) is 5.78 Å². The number of benzene rings is 1. The summed E-state index contributed by atoms with van der Waals surface area (Å²) in [4.78, 5) is 14.6. The third-order valence-electron chi connectivity index (χ3n) is 3.97. The summed E-state index contributed by atoms with van der Waals surface area (Å²) >= 11 is 0. The number of Topliss-reactive ketones (excluding diaryl/α,β-unsaturated/α-hetero) is 1. The molecule has 98 valence electrons. The maximum Gasteiger partial charge on any atom is 0.179 e. The molecule has 18 heavy (non-hydrogen) atoms. The lowest BCUT2D eigenvalue weighted by atomic mass is 10.00. The monoisotopic (exact) mass is 246 g/mol. The molecule has 0 saturated carbocycles. The molecule has 1 saturated heterocycles. The van der Waals surface area contributed by atoms with Crippen LogP contribution < -0.4 is 5.73 Å². The minimum atomic E-state index is -0.0688. The van der Waals surface area contributed by atoms with Gasteiger partial charge in [0.2, 0.25) is 0 Å². The van der Waals surface area contributed by atoms with Crippen molar-refractivity contribution in [3.05, 3.63) is 34.9 Å². The van der Waals surface area contributed by atoms with Gasteiger partial charge in [-0.15, -0.1) is 0 Å². The van der Waals surface area contributed by atoms with Gasteiger partial charge in [-0.1, -0.05) is 12.1 Å². The number of rotatable bonds is 3. The molecular formula is C15H22N2O. The van der Waals surface area contributed by atoms with E-state index in [9.17, 15) is 4.79 Å². The van der Waals surface area contributed by atoms with Crippen LogP contribution >= 0.6 is 0 Å². The van der Waals surface area contributed by atoms with E-state index in [1.165, 1.54) is 11.1 Å². The average molecular weight is 246 g/mol. The maximum atomic E-state index is 12.4. The van der Waals surface area contributed by atoms with Gasteiger partial charge in [0.05, 0.1) is 6.04 Å². The van der Waals surface area contributed by atoms with Gasteiger partial charge in [0.25, 0.3) is 0 Å². The lowest BCUT2D eigenvalue weighted by molar-refractivity contribution is 0.0865. The Morgan fingerprint density at radius 1 is 1.39 bits per heavy atom. The number of nitrogens with zero attached hydrogens (tertiary/aromatic N) is 1. The largest absolute Gasteiger partial charge is 0.326 e. The van der Waals surface area contributed by atoms with Gasteiger partial charge in [-0.25, -0.2) is 0 Å². The Balaban J connectivity index is 2.12. The number of likely N-dealkylation sites (tertiary alicyclic amines) is 1. The number of carbonyl (C=O) groups excluding carboxylic acids is 1. The van der Waals surface area contributed by atoms with Crippen molar-refractivity contribution in [2.75, 3.05) is 13.1 Å². The van der Waals surface area contributed by atoms with Gasteiger partial charge >= 0.3 is 0 Å². The van der Waals surface area contributed by atoms with Crippen LogP contribution in [0.25, 0.3) is 0 Å². The van der Waals surface area contributed by atoms with Crippen LogP contribution in [-0.2, 0) is 0 Å². The number of hydrogen-bond acceptors (Lipinski definition) is 3. The molecule has 0 bridgehead atoms. The second kappa shape index (κ2) is 5.21. The van der Waals surface area contributed by atoms with E-state index in [-0.39, 0.29) is 17.9 Å². The first kappa shape index (κ1) is 13.2. The summed E-state index contributed by atoms with van der Waals surface area (Å²) in [6, 6.07) is 6.09. The third-order valence-corrected chi connectivity index (χ3v) is 3.97. The summed E-state index contributed by atoms with van der Waals surface area (Å²) < 4.78 is 0. The zero-order valence-corrected chi connectivity index (χ0v) is 11.4. The van der Waals surface area contributed by atoms with E-state index in [0.29, 0.717) is 0 Å². The molecule has 1 aliphatic heterocycles. The minimum absolute atomic E-state index is 0.0688. The fraction of sp³-hybridized carbons (Fsp3) is 0.533. The van der Waals surface area contributed by atoms with Crippen LogP contribution in [0.4, 0.5) is 0 Å². The van der Waals surface area contributed by atoms with E-state index in [1.807, 2.05) is 32.0 Å². The summed E-state index contributed by atoms with van der Waals surface area (Å²) in [6.07, 6.45) is 0.991. The van der Waals surface area contributed by atoms with E-state index >= 15 is 0 Å². The molecule has 3 nitrogen and oxygen atoms in total. The maximum absolute atomic E-state index is 12.4. The van der Waals surface area contributed by atoms with E-state index in [1.54, 1.807) is 0 Å². The Labute approximate surface area is 109 Å². The molecule has 2 atom stereocenters. The van der Waals surface area contributed by atoms with E-state index in [0.717, 1.165) is 25.1 Å². The van der Waals surface area contributed by atoms with Crippen LogP contribution in [0.3, 0.4) is 0 Å². The van der Waals surface area contributed by atoms with Gasteiger partial charge in [-0.05, 0) is 44.4 Å². The predicted molar refractivity (Wildman–Crippen MR) is 73.9 cm³/mol. The smallest absolute Gasteiger partial charge is 0.179 e. The molecule has 0 aliphatic carbocycles. The summed E-state index contributed by atoms with van der Waals surface area (Å²) in [5.74, 6) is 0.201. The lowest BCUT2D eigenvalue weighted by Crippen LogP contribution is -2.39. The van der Waals surface area contributed by atoms with Crippen LogP contribution in [0.2, 0.25) is 0 Å². The first-order valence-corrected chi connectivity index (χ1v) is 6.60. The molecule has 1 aliphatic rings. The van der Waals surface area contributed by atoms with E-state index in [4.69, 9.17) is 5.73 Å². The molecule has 1 fully saturated rings. The first-order chi connectivity index (χ1) is 8.49. The van der Waals surface area contributed by atoms with Crippen molar-refractivity contribution in [2.45, 2.75) is 39.3 Å². The van der Waals surface area contributed by atoms with Gasteiger partial charge in [-0.3, -0.25) is 9.69 Å². The summed E-state index contributed by atoms with van der Waals surface area (Å²) in [5, 5.41) is 0. The number of aryl methyl sites for hydroxylation is 2. The summed E-state index contributed by atoms with van der Waals surface area (Å²) in [7, 11) is 0. The Bertz CT molecular complexity index is 456. The second-order valence-electron chi connectivity index (χ2n) is 5.38. The molecule has 2 N–H and O–H groups in total. The zero-order chi connectivity index (χ0) is 13.3. The SMILES string of the molecule is Cc1ccc(C(=O)C(C)N2CCC(N)C2)cc1C. The third kappa shape index (κ3) is 2.62. The summed E-state index contributed by atoms with van der Waals surface area (Å²) in [6.45, 7) is 7.85. The molecule has 2 rings (SSSR count). The first-order valence-electron chi connectivity index (χ1n) is 6.60. The standard InChI is InChI=1S/C15H22N2O/c1-10-4-5-13(8-11(10)2)15(18)12(3)17-7-6-14(16)9-17/h4-5,8,12,14H,6-7,9,16H2,1-3H3. The molecule has 3 heteroatoms. The van der Waals surface area contributed by atoms with Gasteiger partial charge in [0.1, 0.15) is 0 Å². The highest BCUT2D eigenvalue weighted by atomic mass is 16.1. The fourth-order valence-corrected chi connectivity index (χ4v) is 2.47. The van der Waals surface area contributed by atoms with Gasteiger partial charge in [-0.2, -0.15) is 0 Å². The van der Waals surface area contributed by atoms with Crippen molar-refractivity contribution in [1.29, 1.82) is 0 Å². The highest BCUT2D eigenvalue weighted by Crippen LogP contribution is 2.17. The van der Waals surface area contributed by atoms with Crippen molar-refractivity contribution in [3.63, 3.8) is 0 Å². The fourth-order valence-electron chi connectivity index (χ4n) is 2.47. The molecular weight excluding hydrogens is 224 g/mol. The molecule has 0 aromatic heterocycles. The number of ketones is 1. The molecule has 1 aromatic rings. The normalized spacial score (nSPS) is 22.1. The lowest BCUT2D eigenvalue weighted by Gasteiger charge is -2.23. The topological polar surface area (TPSA) is 46.3 Å². The summed E-state index contributed by atoms with van der Waals surface area (Å²) in [5.41, 5.74) is 9.10. The number of carbonyl (C=O) groups is 1. The van der Waals surface area contributed by atoms with E-state index < -0.39 is 0 Å². The predicted octanol–water partition coefficient (Wildman–Crippen LogP) is 1.91. The Kier molecular flexibility index (Phi) is 3.83. The van der Waals surface area contributed by atoms with Gasteiger partial charge in [0, 0.05) is 24.7 Å². The van der Waals surface area contributed by atoms with Crippen molar-refractivity contribution in [3.8, 4) is 0 Å². The van der Waals surface area contributed by atoms with Crippen LogP contribution in [0.15, 0.2) is 18.2 Å². The number of hydrogen-bond donors (Lipinski definition) is 1.